The fraction of sp³-hybridized carbons (Fsp3) is 0.556. The van der Waals surface area contributed by atoms with Crippen molar-refractivity contribution in [1.29, 1.82) is 0 Å². The molecular formula is C9H14N2O2S. The molecule has 78 valence electrons. The molecule has 14 heavy (non-hydrogen) atoms. The van der Waals surface area contributed by atoms with E-state index in [1.54, 1.807) is 7.05 Å². The van der Waals surface area contributed by atoms with E-state index in [9.17, 15) is 4.79 Å². The van der Waals surface area contributed by atoms with Crippen LogP contribution in [0.15, 0.2) is 5.38 Å². The van der Waals surface area contributed by atoms with Crippen molar-refractivity contribution < 1.29 is 9.90 Å². The highest BCUT2D eigenvalue weighted by Gasteiger charge is 2.16. The Kier molecular flexibility index (Phi) is 4.03. The molecule has 1 aromatic rings. The molecule has 1 unspecified atom stereocenters. The molecule has 0 aliphatic carbocycles. The molecule has 0 amide bonds. The van der Waals surface area contributed by atoms with Gasteiger partial charge in [-0.3, -0.25) is 4.79 Å². The minimum absolute atomic E-state index is 0.455. The number of likely N-dealkylation sites (N-methyl/N-ethyl adjacent to an activating group) is 1. The van der Waals surface area contributed by atoms with Crippen molar-refractivity contribution in [3.63, 3.8) is 0 Å². The predicted molar refractivity (Wildman–Crippen MR) is 55.7 cm³/mol. The van der Waals surface area contributed by atoms with Gasteiger partial charge in [-0.05, 0) is 13.5 Å². The van der Waals surface area contributed by atoms with Gasteiger partial charge < -0.3 is 10.4 Å². The molecule has 0 fully saturated rings. The number of nitrogens with one attached hydrogen (secondary N) is 1. The number of rotatable bonds is 5. The van der Waals surface area contributed by atoms with Crippen LogP contribution >= 0.6 is 11.3 Å². The van der Waals surface area contributed by atoms with E-state index in [1.165, 1.54) is 11.3 Å². The minimum Gasteiger partial charge on any atom is -0.480 e. The third-order valence-electron chi connectivity index (χ3n) is 1.99. The summed E-state index contributed by atoms with van der Waals surface area (Å²) in [5.74, 6) is -0.833. The Morgan fingerprint density at radius 2 is 2.50 bits per heavy atom. The molecule has 0 radical (unpaired) electrons. The van der Waals surface area contributed by atoms with Gasteiger partial charge in [0.05, 0.1) is 10.7 Å². The van der Waals surface area contributed by atoms with Gasteiger partial charge >= 0.3 is 5.97 Å². The van der Waals surface area contributed by atoms with Crippen molar-refractivity contribution >= 4 is 17.3 Å². The van der Waals surface area contributed by atoms with Crippen molar-refractivity contribution in [3.05, 3.63) is 16.1 Å². The number of nitrogens with zero attached hydrogens (tertiary/aromatic N) is 1. The molecule has 1 atom stereocenters. The van der Waals surface area contributed by atoms with Crippen LogP contribution in [0.1, 0.15) is 17.6 Å². The summed E-state index contributed by atoms with van der Waals surface area (Å²) in [5.41, 5.74) is 1.03. The maximum atomic E-state index is 10.7. The van der Waals surface area contributed by atoms with Crippen LogP contribution < -0.4 is 5.32 Å². The van der Waals surface area contributed by atoms with Crippen molar-refractivity contribution in [2.75, 3.05) is 7.05 Å². The second-order valence-electron chi connectivity index (χ2n) is 2.97. The van der Waals surface area contributed by atoms with Crippen LogP contribution in [-0.2, 0) is 17.6 Å². The normalized spacial score (nSPS) is 12.7. The lowest BCUT2D eigenvalue weighted by Crippen LogP contribution is -2.35. The van der Waals surface area contributed by atoms with Gasteiger partial charge in [0.1, 0.15) is 6.04 Å². The molecule has 1 rings (SSSR count). The summed E-state index contributed by atoms with van der Waals surface area (Å²) in [6.07, 6.45) is 1.35. The van der Waals surface area contributed by atoms with Gasteiger partial charge in [-0.2, -0.15) is 0 Å². The second-order valence-corrected chi connectivity index (χ2v) is 3.91. The van der Waals surface area contributed by atoms with Crippen LogP contribution in [0.25, 0.3) is 0 Å². The molecule has 1 heterocycles. The zero-order valence-corrected chi connectivity index (χ0v) is 9.10. The molecular weight excluding hydrogens is 200 g/mol. The van der Waals surface area contributed by atoms with Gasteiger partial charge in [-0.1, -0.05) is 6.92 Å². The van der Waals surface area contributed by atoms with E-state index in [0.29, 0.717) is 6.42 Å². The van der Waals surface area contributed by atoms with Gasteiger partial charge in [0.15, 0.2) is 0 Å². The summed E-state index contributed by atoms with van der Waals surface area (Å²) >= 11 is 1.52. The summed E-state index contributed by atoms with van der Waals surface area (Å²) in [6, 6.07) is -0.536. The largest absolute Gasteiger partial charge is 0.480 e. The van der Waals surface area contributed by atoms with Gasteiger partial charge in [-0.15, -0.1) is 11.3 Å². The third-order valence-corrected chi connectivity index (χ3v) is 2.91. The standard InChI is InChI=1S/C9H14N2O2S/c1-3-6-5-14-8(11-6)4-7(10-2)9(12)13/h5,7,10H,3-4H2,1-2H3,(H,12,13). The van der Waals surface area contributed by atoms with Gasteiger partial charge in [0, 0.05) is 11.8 Å². The molecule has 1 aromatic heterocycles. The van der Waals surface area contributed by atoms with E-state index in [4.69, 9.17) is 5.11 Å². The predicted octanol–water partition coefficient (Wildman–Crippen LogP) is 0.921. The molecule has 5 heteroatoms. The lowest BCUT2D eigenvalue weighted by Gasteiger charge is -2.07. The minimum atomic E-state index is -0.833. The number of thiazole rings is 1. The summed E-state index contributed by atoms with van der Waals surface area (Å²) in [4.78, 5) is 15.0. The maximum Gasteiger partial charge on any atom is 0.321 e. The number of aromatic nitrogens is 1. The number of aliphatic carboxylic acids is 1. The Hall–Kier alpha value is -0.940. The zero-order valence-electron chi connectivity index (χ0n) is 8.28. The average Bonchev–Trinajstić information content (AvgIpc) is 2.61. The zero-order chi connectivity index (χ0) is 10.6. The van der Waals surface area contributed by atoms with Crippen LogP contribution in [0.3, 0.4) is 0 Å². The Balaban J connectivity index is 2.62. The third kappa shape index (κ3) is 2.78. The summed E-state index contributed by atoms with van der Waals surface area (Å²) in [6.45, 7) is 2.03. The van der Waals surface area contributed by atoms with Crippen molar-refractivity contribution in [1.82, 2.24) is 10.3 Å². The van der Waals surface area contributed by atoms with Crippen molar-refractivity contribution in [2.24, 2.45) is 0 Å². The lowest BCUT2D eigenvalue weighted by atomic mass is 10.2. The highest BCUT2D eigenvalue weighted by atomic mass is 32.1. The number of carbonyl (C=O) groups is 1. The first-order chi connectivity index (χ1) is 6.67. The van der Waals surface area contributed by atoms with Gasteiger partial charge in [0.2, 0.25) is 0 Å². The summed E-state index contributed by atoms with van der Waals surface area (Å²) < 4.78 is 0. The molecule has 0 aliphatic rings. The van der Waals surface area contributed by atoms with Gasteiger partial charge in [-0.25, -0.2) is 4.98 Å². The van der Waals surface area contributed by atoms with Gasteiger partial charge in [0.25, 0.3) is 0 Å². The molecule has 0 saturated heterocycles. The van der Waals surface area contributed by atoms with E-state index >= 15 is 0 Å². The number of hydrogen-bond donors (Lipinski definition) is 2. The lowest BCUT2D eigenvalue weighted by molar-refractivity contribution is -0.139. The van der Waals surface area contributed by atoms with Crippen LogP contribution in [0.5, 0.6) is 0 Å². The maximum absolute atomic E-state index is 10.7. The molecule has 0 bridgehead atoms. The van der Waals surface area contributed by atoms with E-state index in [1.807, 2.05) is 12.3 Å². The fourth-order valence-corrected chi connectivity index (χ4v) is 2.02. The number of carboxylic acid groups (broad SMARTS) is 1. The molecule has 4 nitrogen and oxygen atoms in total. The Morgan fingerprint density at radius 3 is 2.93 bits per heavy atom. The van der Waals surface area contributed by atoms with E-state index in [0.717, 1.165) is 17.1 Å². The quantitative estimate of drug-likeness (QED) is 0.765. The Morgan fingerprint density at radius 1 is 1.79 bits per heavy atom. The highest BCUT2D eigenvalue weighted by Crippen LogP contribution is 2.12. The first-order valence-electron chi connectivity index (χ1n) is 4.50. The summed E-state index contributed by atoms with van der Waals surface area (Å²) in [7, 11) is 1.65. The average molecular weight is 214 g/mol. The Labute approximate surface area is 87.0 Å². The SMILES string of the molecule is CCc1csc(CC(NC)C(=O)O)n1. The fourth-order valence-electron chi connectivity index (χ4n) is 1.09. The van der Waals surface area contributed by atoms with E-state index in [2.05, 4.69) is 10.3 Å². The highest BCUT2D eigenvalue weighted by molar-refractivity contribution is 7.09. The van der Waals surface area contributed by atoms with Crippen LogP contribution in [-0.4, -0.2) is 29.1 Å². The monoisotopic (exact) mass is 214 g/mol. The number of carboxylic acids is 1. The molecule has 0 spiro atoms. The smallest absolute Gasteiger partial charge is 0.321 e. The first kappa shape index (κ1) is 11.1. The van der Waals surface area contributed by atoms with E-state index in [-0.39, 0.29) is 0 Å². The second kappa shape index (κ2) is 5.07. The Bertz CT molecular complexity index is 312. The van der Waals surface area contributed by atoms with Crippen molar-refractivity contribution in [3.8, 4) is 0 Å². The molecule has 0 saturated carbocycles. The first-order valence-corrected chi connectivity index (χ1v) is 5.38. The molecule has 0 aromatic carbocycles. The molecule has 0 aliphatic heterocycles. The van der Waals surface area contributed by atoms with Crippen LogP contribution in [0.2, 0.25) is 0 Å². The van der Waals surface area contributed by atoms with Crippen LogP contribution in [0, 0.1) is 0 Å². The van der Waals surface area contributed by atoms with Crippen LogP contribution in [0.4, 0.5) is 0 Å². The van der Waals surface area contributed by atoms with Crippen molar-refractivity contribution in [2.45, 2.75) is 25.8 Å². The molecule has 2 N–H and O–H groups in total. The topological polar surface area (TPSA) is 62.2 Å². The number of hydrogen-bond acceptors (Lipinski definition) is 4. The number of aryl methyl sites for hydroxylation is 1. The summed E-state index contributed by atoms with van der Waals surface area (Å²) in [5, 5.41) is 14.4. The van der Waals surface area contributed by atoms with E-state index < -0.39 is 12.0 Å².